The highest BCUT2D eigenvalue weighted by Crippen LogP contribution is 2.18. The lowest BCUT2D eigenvalue weighted by Gasteiger charge is -2.38. The highest BCUT2D eigenvalue weighted by atomic mass is 127. The number of benzene rings is 1. The average Bonchev–Trinajstić information content (AvgIpc) is 2.81. The zero-order valence-electron chi connectivity index (χ0n) is 11.7. The average molecular weight is 370 g/mol. The predicted octanol–water partition coefficient (Wildman–Crippen LogP) is 0.276. The summed E-state index contributed by atoms with van der Waals surface area (Å²) in [6, 6.07) is 10.9. The van der Waals surface area contributed by atoms with Crippen molar-refractivity contribution >= 4 is 10.9 Å². The third kappa shape index (κ3) is 3.31. The zero-order chi connectivity index (χ0) is 12.4. The molecule has 1 fully saturated rings. The van der Waals surface area contributed by atoms with Crippen molar-refractivity contribution in [3.05, 3.63) is 36.5 Å². The van der Waals surface area contributed by atoms with Crippen LogP contribution in [0, 0.1) is 0 Å². The van der Waals surface area contributed by atoms with Gasteiger partial charge >= 0.3 is 0 Å². The first kappa shape index (κ1) is 14.9. The number of piperidine rings is 1. The summed E-state index contributed by atoms with van der Waals surface area (Å²) >= 11 is 0. The van der Waals surface area contributed by atoms with Gasteiger partial charge < -0.3 is 33.0 Å². The first-order chi connectivity index (χ1) is 8.77. The fourth-order valence-corrected chi connectivity index (χ4v) is 3.18. The van der Waals surface area contributed by atoms with Crippen LogP contribution in [0.5, 0.6) is 0 Å². The van der Waals surface area contributed by atoms with E-state index in [0.29, 0.717) is 0 Å². The van der Waals surface area contributed by atoms with E-state index < -0.39 is 0 Å². The number of hydrogen-bond donors (Lipinski definition) is 0. The molecule has 19 heavy (non-hydrogen) atoms. The molecule has 0 atom stereocenters. The van der Waals surface area contributed by atoms with E-state index in [1.807, 2.05) is 0 Å². The summed E-state index contributed by atoms with van der Waals surface area (Å²) in [5.74, 6) is 0. The molecule has 0 radical (unpaired) electrons. The molecule has 0 bridgehead atoms. The number of quaternary nitrogens is 1. The van der Waals surface area contributed by atoms with Crippen LogP contribution in [0.1, 0.15) is 19.3 Å². The number of halogens is 1. The molecule has 3 heteroatoms. The summed E-state index contributed by atoms with van der Waals surface area (Å²) in [7, 11) is 2.42. The number of aromatic nitrogens is 1. The number of fused-ring (bicyclic) bond motifs is 1. The second-order valence-corrected chi connectivity index (χ2v) is 5.92. The molecule has 3 rings (SSSR count). The van der Waals surface area contributed by atoms with Crippen molar-refractivity contribution in [1.29, 1.82) is 0 Å². The summed E-state index contributed by atoms with van der Waals surface area (Å²) in [6.07, 6.45) is 6.48. The van der Waals surface area contributed by atoms with Gasteiger partial charge in [-0.3, -0.25) is 0 Å². The normalized spacial score (nSPS) is 18.2. The van der Waals surface area contributed by atoms with Crippen LogP contribution in [0.15, 0.2) is 36.5 Å². The molecule has 1 aliphatic rings. The van der Waals surface area contributed by atoms with Gasteiger partial charge in [0, 0.05) is 11.7 Å². The molecular formula is C16H23IN2. The minimum absolute atomic E-state index is 0. The molecule has 0 spiro atoms. The number of hydrogen-bond acceptors (Lipinski definition) is 0. The summed E-state index contributed by atoms with van der Waals surface area (Å²) in [5, 5.41) is 1.36. The Morgan fingerprint density at radius 2 is 1.79 bits per heavy atom. The summed E-state index contributed by atoms with van der Waals surface area (Å²) in [6.45, 7) is 5.13. The fourth-order valence-electron chi connectivity index (χ4n) is 3.18. The number of likely N-dealkylation sites (tertiary alicyclic amines) is 1. The van der Waals surface area contributed by atoms with Gasteiger partial charge in [0.25, 0.3) is 0 Å². The van der Waals surface area contributed by atoms with Crippen molar-refractivity contribution in [2.75, 3.05) is 26.7 Å². The van der Waals surface area contributed by atoms with Crippen LogP contribution in [0.25, 0.3) is 10.9 Å². The molecular weight excluding hydrogens is 347 g/mol. The third-order valence-corrected chi connectivity index (χ3v) is 4.46. The highest BCUT2D eigenvalue weighted by molar-refractivity contribution is 5.79. The Kier molecular flexibility index (Phi) is 4.90. The molecule has 1 saturated heterocycles. The van der Waals surface area contributed by atoms with E-state index in [9.17, 15) is 0 Å². The van der Waals surface area contributed by atoms with Crippen LogP contribution in [-0.4, -0.2) is 35.7 Å². The third-order valence-electron chi connectivity index (χ3n) is 4.46. The van der Waals surface area contributed by atoms with Crippen molar-refractivity contribution in [2.45, 2.75) is 25.8 Å². The smallest absolute Gasteiger partial charge is 0.0966 e. The van der Waals surface area contributed by atoms with Gasteiger partial charge in [-0.05, 0) is 36.8 Å². The summed E-state index contributed by atoms with van der Waals surface area (Å²) < 4.78 is 3.67. The van der Waals surface area contributed by atoms with Crippen molar-refractivity contribution in [3.8, 4) is 0 Å². The van der Waals surface area contributed by atoms with Crippen LogP contribution < -0.4 is 24.0 Å². The van der Waals surface area contributed by atoms with E-state index in [4.69, 9.17) is 0 Å². The van der Waals surface area contributed by atoms with Crippen LogP contribution >= 0.6 is 0 Å². The number of rotatable bonds is 3. The molecule has 0 amide bonds. The molecule has 2 heterocycles. The largest absolute Gasteiger partial charge is 1.00 e. The van der Waals surface area contributed by atoms with Gasteiger partial charge in [-0.2, -0.15) is 0 Å². The molecule has 2 aromatic rings. The van der Waals surface area contributed by atoms with Crippen LogP contribution in [0.2, 0.25) is 0 Å². The Bertz CT molecular complexity index is 526. The number of likely N-dealkylation sites (N-methyl/N-ethyl adjacent to an activating group) is 1. The Morgan fingerprint density at radius 1 is 1.05 bits per heavy atom. The molecule has 0 aliphatic carbocycles. The van der Waals surface area contributed by atoms with E-state index in [1.54, 1.807) is 0 Å². The molecule has 0 N–H and O–H groups in total. The zero-order valence-corrected chi connectivity index (χ0v) is 13.8. The SMILES string of the molecule is C[N+]1(CCn2ccc3ccccc32)CCCCC1.[I-]. The Morgan fingerprint density at radius 3 is 2.58 bits per heavy atom. The van der Waals surface area contributed by atoms with Crippen molar-refractivity contribution < 1.29 is 28.5 Å². The Balaban J connectivity index is 0.00000133. The van der Waals surface area contributed by atoms with Gasteiger partial charge in [0.2, 0.25) is 0 Å². The topological polar surface area (TPSA) is 4.93 Å². The molecule has 1 aromatic carbocycles. The molecule has 0 unspecified atom stereocenters. The number of para-hydroxylation sites is 1. The Labute approximate surface area is 133 Å². The highest BCUT2D eigenvalue weighted by Gasteiger charge is 2.24. The summed E-state index contributed by atoms with van der Waals surface area (Å²) in [5.41, 5.74) is 1.38. The monoisotopic (exact) mass is 370 g/mol. The lowest BCUT2D eigenvalue weighted by molar-refractivity contribution is -0.914. The van der Waals surface area contributed by atoms with Crippen molar-refractivity contribution in [3.63, 3.8) is 0 Å². The summed E-state index contributed by atoms with van der Waals surface area (Å²) in [4.78, 5) is 0. The minimum atomic E-state index is 0. The molecule has 104 valence electrons. The van der Waals surface area contributed by atoms with Crippen molar-refractivity contribution in [2.24, 2.45) is 0 Å². The minimum Gasteiger partial charge on any atom is -1.00 e. The van der Waals surface area contributed by atoms with Gasteiger partial charge in [-0.15, -0.1) is 0 Å². The fraction of sp³-hybridized carbons (Fsp3) is 0.500. The van der Waals surface area contributed by atoms with Gasteiger partial charge in [0.1, 0.15) is 0 Å². The quantitative estimate of drug-likeness (QED) is 0.540. The van der Waals surface area contributed by atoms with Crippen LogP contribution in [0.3, 0.4) is 0 Å². The van der Waals surface area contributed by atoms with E-state index in [0.717, 1.165) is 6.54 Å². The maximum Gasteiger partial charge on any atom is 0.0966 e. The first-order valence-electron chi connectivity index (χ1n) is 7.14. The van der Waals surface area contributed by atoms with Gasteiger partial charge in [-0.1, -0.05) is 18.2 Å². The second-order valence-electron chi connectivity index (χ2n) is 5.92. The van der Waals surface area contributed by atoms with Crippen LogP contribution in [-0.2, 0) is 6.54 Å². The van der Waals surface area contributed by atoms with Crippen molar-refractivity contribution in [1.82, 2.24) is 4.57 Å². The maximum atomic E-state index is 2.42. The van der Waals surface area contributed by atoms with E-state index >= 15 is 0 Å². The maximum absolute atomic E-state index is 2.42. The lowest BCUT2D eigenvalue weighted by Crippen LogP contribution is -3.00. The Hall–Kier alpha value is -0.550. The lowest BCUT2D eigenvalue weighted by atomic mass is 10.1. The van der Waals surface area contributed by atoms with Crippen LogP contribution in [0.4, 0.5) is 0 Å². The van der Waals surface area contributed by atoms with Gasteiger partial charge in [-0.25, -0.2) is 0 Å². The second kappa shape index (κ2) is 6.27. The van der Waals surface area contributed by atoms with E-state index in [1.165, 1.54) is 54.3 Å². The molecule has 1 aliphatic heterocycles. The predicted molar refractivity (Wildman–Crippen MR) is 76.6 cm³/mol. The first-order valence-corrected chi connectivity index (χ1v) is 7.14. The van der Waals surface area contributed by atoms with E-state index in [-0.39, 0.29) is 24.0 Å². The molecule has 0 saturated carbocycles. The standard InChI is InChI=1S/C16H23N2.HI/c1-18(12-5-2-6-13-18)14-11-17-10-9-15-7-3-4-8-16(15)17;/h3-4,7-10H,2,5-6,11-14H2,1H3;1H/q+1;/p-1. The van der Waals surface area contributed by atoms with Gasteiger partial charge in [0.15, 0.2) is 0 Å². The number of nitrogens with zero attached hydrogens (tertiary/aromatic N) is 2. The van der Waals surface area contributed by atoms with E-state index in [2.05, 4.69) is 48.1 Å². The van der Waals surface area contributed by atoms with Gasteiger partial charge in [0.05, 0.1) is 33.2 Å². The molecule has 2 nitrogen and oxygen atoms in total. The molecule has 1 aromatic heterocycles.